The maximum atomic E-state index is 13.3. The number of benzene rings is 1. The lowest BCUT2D eigenvalue weighted by Gasteiger charge is -2.13. The molecule has 1 aromatic carbocycles. The van der Waals surface area contributed by atoms with Crippen LogP contribution in [0.3, 0.4) is 0 Å². The van der Waals surface area contributed by atoms with Crippen molar-refractivity contribution in [1.82, 2.24) is 19.5 Å². The van der Waals surface area contributed by atoms with E-state index < -0.39 is 5.95 Å². The van der Waals surface area contributed by atoms with Gasteiger partial charge in [-0.15, -0.1) is 0 Å². The summed E-state index contributed by atoms with van der Waals surface area (Å²) in [6.45, 7) is 0. The van der Waals surface area contributed by atoms with E-state index in [9.17, 15) is 9.18 Å². The molecule has 5 aromatic rings. The lowest BCUT2D eigenvalue weighted by Crippen LogP contribution is -2.18. The third-order valence-electron chi connectivity index (χ3n) is 4.81. The van der Waals surface area contributed by atoms with Gasteiger partial charge in [-0.2, -0.15) is 4.39 Å². The minimum Gasteiger partial charge on any atom is -0.384 e. The van der Waals surface area contributed by atoms with E-state index in [2.05, 4.69) is 15.0 Å². The second kappa shape index (κ2) is 6.49. The second-order valence-corrected chi connectivity index (χ2v) is 6.61. The Balaban J connectivity index is 1.86. The Labute approximate surface area is 164 Å². The molecule has 0 saturated heterocycles. The third-order valence-corrected chi connectivity index (χ3v) is 4.81. The highest BCUT2D eigenvalue weighted by atomic mass is 19.1. The zero-order valence-electron chi connectivity index (χ0n) is 15.1. The Hall–Kier alpha value is -4.13. The fraction of sp³-hybridized carbons (Fsp3) is 0. The Kier molecular flexibility index (Phi) is 3.80. The summed E-state index contributed by atoms with van der Waals surface area (Å²) in [7, 11) is 0. The fourth-order valence-corrected chi connectivity index (χ4v) is 3.42. The van der Waals surface area contributed by atoms with Gasteiger partial charge in [0.2, 0.25) is 5.95 Å². The number of aromatic nitrogens is 4. The summed E-state index contributed by atoms with van der Waals surface area (Å²) in [5.41, 5.74) is 9.16. The predicted octanol–water partition coefficient (Wildman–Crippen LogP) is 3.72. The summed E-state index contributed by atoms with van der Waals surface area (Å²) in [4.78, 5) is 25.1. The van der Waals surface area contributed by atoms with Crippen LogP contribution in [0.4, 0.5) is 10.2 Å². The maximum absolute atomic E-state index is 13.3. The molecule has 0 bridgehead atoms. The molecule has 4 aromatic heterocycles. The van der Waals surface area contributed by atoms with Gasteiger partial charge in [0.25, 0.3) is 5.56 Å². The average Bonchev–Trinajstić information content (AvgIpc) is 2.74. The summed E-state index contributed by atoms with van der Waals surface area (Å²) in [5, 5.41) is 1.58. The van der Waals surface area contributed by atoms with Crippen molar-refractivity contribution in [3.8, 4) is 16.8 Å². The molecule has 4 heterocycles. The highest BCUT2D eigenvalue weighted by Gasteiger charge is 2.12. The number of nitrogen functional groups attached to an aromatic ring is 1. The molecule has 5 rings (SSSR count). The van der Waals surface area contributed by atoms with Crippen LogP contribution >= 0.6 is 0 Å². The lowest BCUT2D eigenvalue weighted by atomic mass is 10.0. The molecule has 0 aliphatic carbocycles. The molecule has 0 aliphatic rings. The van der Waals surface area contributed by atoms with Gasteiger partial charge in [0.1, 0.15) is 5.82 Å². The molecule has 0 fully saturated rings. The minimum absolute atomic E-state index is 0.238. The molecular formula is C22H14FN5O. The lowest BCUT2D eigenvalue weighted by molar-refractivity contribution is 0.583. The molecule has 7 heteroatoms. The Morgan fingerprint density at radius 2 is 1.69 bits per heavy atom. The SMILES string of the molecule is Nc1ccc(-c2ccc3ncc4ccc(=O)n(-c5ccc(F)nc5)c4c3c2)cn1. The third kappa shape index (κ3) is 2.89. The number of fused-ring (bicyclic) bond motifs is 3. The van der Waals surface area contributed by atoms with Crippen molar-refractivity contribution in [2.24, 2.45) is 0 Å². The Morgan fingerprint density at radius 3 is 2.45 bits per heavy atom. The van der Waals surface area contributed by atoms with Crippen molar-refractivity contribution in [2.75, 3.05) is 5.73 Å². The number of nitrogens with two attached hydrogens (primary N) is 1. The van der Waals surface area contributed by atoms with E-state index in [0.29, 0.717) is 17.0 Å². The van der Waals surface area contributed by atoms with Crippen LogP contribution in [0.1, 0.15) is 0 Å². The van der Waals surface area contributed by atoms with E-state index in [1.807, 2.05) is 24.3 Å². The van der Waals surface area contributed by atoms with E-state index in [-0.39, 0.29) is 5.56 Å². The molecule has 2 N–H and O–H groups in total. The van der Waals surface area contributed by atoms with Crippen molar-refractivity contribution < 1.29 is 4.39 Å². The van der Waals surface area contributed by atoms with Crippen molar-refractivity contribution in [3.63, 3.8) is 0 Å². The van der Waals surface area contributed by atoms with Crippen molar-refractivity contribution >= 4 is 27.6 Å². The topological polar surface area (TPSA) is 86.7 Å². The summed E-state index contributed by atoms with van der Waals surface area (Å²) in [6.07, 6.45) is 4.76. The van der Waals surface area contributed by atoms with Gasteiger partial charge in [0.05, 0.1) is 22.9 Å². The van der Waals surface area contributed by atoms with Crippen molar-refractivity contribution in [3.05, 3.63) is 89.5 Å². The summed E-state index contributed by atoms with van der Waals surface area (Å²) in [5.74, 6) is -0.161. The van der Waals surface area contributed by atoms with Crippen molar-refractivity contribution in [1.29, 1.82) is 0 Å². The predicted molar refractivity (Wildman–Crippen MR) is 110 cm³/mol. The van der Waals surface area contributed by atoms with Crippen LogP contribution in [0, 0.1) is 5.95 Å². The first kappa shape index (κ1) is 17.0. The molecule has 0 aliphatic heterocycles. The summed E-state index contributed by atoms with van der Waals surface area (Å²) in [6, 6.07) is 15.4. The molecule has 0 saturated carbocycles. The molecule has 140 valence electrons. The molecule has 6 nitrogen and oxygen atoms in total. The molecular weight excluding hydrogens is 369 g/mol. The Morgan fingerprint density at radius 1 is 0.828 bits per heavy atom. The van der Waals surface area contributed by atoms with E-state index >= 15 is 0 Å². The van der Waals surface area contributed by atoms with E-state index in [1.54, 1.807) is 24.5 Å². The first-order chi connectivity index (χ1) is 14.1. The highest BCUT2D eigenvalue weighted by molar-refractivity contribution is 6.05. The number of nitrogens with zero attached hydrogens (tertiary/aromatic N) is 4. The van der Waals surface area contributed by atoms with Gasteiger partial charge in [-0.25, -0.2) is 9.97 Å². The highest BCUT2D eigenvalue weighted by Crippen LogP contribution is 2.29. The standard InChI is InChI=1S/C22H14FN5O/c23-19-6-4-16(12-26-19)28-21(29)8-3-15-11-25-18-5-1-13(9-17(18)22(15)28)14-2-7-20(24)27-10-14/h1-12H,(H2,24,27). The normalized spacial score (nSPS) is 11.2. The van der Waals surface area contributed by atoms with E-state index in [4.69, 9.17) is 5.73 Å². The largest absolute Gasteiger partial charge is 0.384 e. The van der Waals surface area contributed by atoms with E-state index in [0.717, 1.165) is 27.4 Å². The van der Waals surface area contributed by atoms with Gasteiger partial charge in [-0.3, -0.25) is 14.3 Å². The Bertz CT molecular complexity index is 1430. The van der Waals surface area contributed by atoms with Crippen molar-refractivity contribution in [2.45, 2.75) is 0 Å². The number of pyridine rings is 4. The second-order valence-electron chi connectivity index (χ2n) is 6.61. The van der Waals surface area contributed by atoms with Crippen LogP contribution in [0.2, 0.25) is 0 Å². The molecule has 0 radical (unpaired) electrons. The first-order valence-electron chi connectivity index (χ1n) is 8.88. The van der Waals surface area contributed by atoms with Gasteiger partial charge in [0.15, 0.2) is 0 Å². The quantitative estimate of drug-likeness (QED) is 0.371. The number of hydrogen-bond acceptors (Lipinski definition) is 5. The summed E-state index contributed by atoms with van der Waals surface area (Å²) >= 11 is 0. The zero-order valence-corrected chi connectivity index (χ0v) is 15.1. The molecule has 0 amide bonds. The van der Waals surface area contributed by atoms with Gasteiger partial charge >= 0.3 is 0 Å². The molecule has 0 atom stereocenters. The minimum atomic E-state index is -0.605. The maximum Gasteiger partial charge on any atom is 0.255 e. The average molecular weight is 383 g/mol. The molecule has 29 heavy (non-hydrogen) atoms. The van der Waals surface area contributed by atoms with Gasteiger partial charge in [-0.05, 0) is 48.0 Å². The van der Waals surface area contributed by atoms with Gasteiger partial charge in [-0.1, -0.05) is 6.07 Å². The van der Waals surface area contributed by atoms with Crippen LogP contribution in [0.15, 0.2) is 78.0 Å². The van der Waals surface area contributed by atoms with Crippen LogP contribution in [0.5, 0.6) is 0 Å². The number of halogens is 1. The molecule has 0 unspecified atom stereocenters. The van der Waals surface area contributed by atoms with Gasteiger partial charge in [0, 0.05) is 34.8 Å². The number of hydrogen-bond donors (Lipinski definition) is 1. The number of rotatable bonds is 2. The fourth-order valence-electron chi connectivity index (χ4n) is 3.42. The van der Waals surface area contributed by atoms with Crippen LogP contribution < -0.4 is 11.3 Å². The summed E-state index contributed by atoms with van der Waals surface area (Å²) < 4.78 is 14.8. The van der Waals surface area contributed by atoms with Crippen LogP contribution in [0.25, 0.3) is 38.6 Å². The monoisotopic (exact) mass is 383 g/mol. The zero-order chi connectivity index (χ0) is 20.0. The van der Waals surface area contributed by atoms with E-state index in [1.165, 1.54) is 29.0 Å². The van der Waals surface area contributed by atoms with Crippen LogP contribution in [-0.4, -0.2) is 19.5 Å². The van der Waals surface area contributed by atoms with Crippen LogP contribution in [-0.2, 0) is 0 Å². The van der Waals surface area contributed by atoms with Gasteiger partial charge < -0.3 is 5.73 Å². The molecule has 0 spiro atoms. The first-order valence-corrected chi connectivity index (χ1v) is 8.88. The number of anilines is 1. The smallest absolute Gasteiger partial charge is 0.255 e.